The van der Waals surface area contributed by atoms with Crippen LogP contribution in [0, 0.1) is 6.92 Å². The molecule has 34 heavy (non-hydrogen) atoms. The van der Waals surface area contributed by atoms with Crippen LogP contribution in [0.5, 0.6) is 0 Å². The molecule has 180 valence electrons. The Bertz CT molecular complexity index is 1010. The molecule has 0 fully saturated rings. The molecule has 1 aromatic heterocycles. The van der Waals surface area contributed by atoms with E-state index in [-0.39, 0.29) is 18.4 Å². The highest BCUT2D eigenvalue weighted by molar-refractivity contribution is 5.85. The minimum Gasteiger partial charge on any atom is -0.464 e. The van der Waals surface area contributed by atoms with Gasteiger partial charge in [-0.25, -0.2) is 0 Å². The molecule has 0 saturated heterocycles. The van der Waals surface area contributed by atoms with Crippen LogP contribution < -0.4 is 0 Å². The van der Waals surface area contributed by atoms with Crippen LogP contribution in [-0.4, -0.2) is 41.2 Å². The maximum Gasteiger partial charge on any atom is 0.242 e. The van der Waals surface area contributed by atoms with E-state index >= 15 is 0 Å². The van der Waals surface area contributed by atoms with Gasteiger partial charge in [0.15, 0.2) is 0 Å². The average Bonchev–Trinajstić information content (AvgIpc) is 3.28. The highest BCUT2D eigenvalue weighted by atomic mass is 16.3. The fourth-order valence-corrected chi connectivity index (χ4v) is 3.92. The maximum absolute atomic E-state index is 13.4. The second kappa shape index (κ2) is 13.4. The lowest BCUT2D eigenvalue weighted by atomic mass is 10.1. The summed E-state index contributed by atoms with van der Waals surface area (Å²) in [5, 5.41) is 0. The largest absolute Gasteiger partial charge is 0.464 e. The quantitative estimate of drug-likeness (QED) is 0.342. The lowest BCUT2D eigenvalue weighted by Crippen LogP contribution is -2.43. The lowest BCUT2D eigenvalue weighted by Gasteiger charge is -2.27. The van der Waals surface area contributed by atoms with Crippen molar-refractivity contribution in [2.75, 3.05) is 19.6 Å². The number of rotatable bonds is 13. The highest BCUT2D eigenvalue weighted by Gasteiger charge is 2.22. The molecule has 3 aromatic rings. The molecule has 0 spiro atoms. The van der Waals surface area contributed by atoms with Crippen molar-refractivity contribution in [3.8, 4) is 0 Å². The van der Waals surface area contributed by atoms with Gasteiger partial charge >= 0.3 is 0 Å². The fraction of sp³-hybridized carbons (Fsp3) is 0.379. The van der Waals surface area contributed by atoms with Gasteiger partial charge in [-0.1, -0.05) is 74.0 Å². The summed E-state index contributed by atoms with van der Waals surface area (Å²) in [5.74, 6) is 1.57. The van der Waals surface area contributed by atoms with Gasteiger partial charge in [-0.2, -0.15) is 0 Å². The molecule has 0 aliphatic heterocycles. The first kappa shape index (κ1) is 25.3. The number of carbonyl (C=O) groups excluding carboxylic acids is 2. The fourth-order valence-electron chi connectivity index (χ4n) is 3.92. The van der Waals surface area contributed by atoms with Crippen LogP contribution in [0.4, 0.5) is 0 Å². The number of amides is 2. The van der Waals surface area contributed by atoms with Crippen LogP contribution in [0.3, 0.4) is 0 Å². The Kier molecular flexibility index (Phi) is 9.96. The van der Waals surface area contributed by atoms with Crippen molar-refractivity contribution < 1.29 is 14.0 Å². The number of aryl methyl sites for hydroxylation is 2. The summed E-state index contributed by atoms with van der Waals surface area (Å²) in [6.45, 7) is 5.67. The molecule has 5 heteroatoms. The first-order valence-electron chi connectivity index (χ1n) is 12.2. The van der Waals surface area contributed by atoms with E-state index in [0.29, 0.717) is 32.5 Å². The predicted molar refractivity (Wildman–Crippen MR) is 135 cm³/mol. The van der Waals surface area contributed by atoms with E-state index in [2.05, 4.69) is 19.1 Å². The second-order valence-electron chi connectivity index (χ2n) is 8.72. The summed E-state index contributed by atoms with van der Waals surface area (Å²) < 4.78 is 5.75. The standard InChI is InChI=1S/C29H36N2O3/c1-3-4-20-30(28(32)18-16-25-11-7-5-8-12-25)23-29(33)31(22-27-17-15-24(2)34-27)21-19-26-13-9-6-10-14-26/h5-15,17H,3-4,16,18-23H2,1-2H3. The Hall–Kier alpha value is -3.34. The molecular weight excluding hydrogens is 424 g/mol. The molecular formula is C29H36N2O3. The van der Waals surface area contributed by atoms with Gasteiger partial charge in [0.25, 0.3) is 0 Å². The number of furan rings is 1. The summed E-state index contributed by atoms with van der Waals surface area (Å²) in [5.41, 5.74) is 2.31. The molecule has 0 aliphatic rings. The lowest BCUT2D eigenvalue weighted by molar-refractivity contribution is -0.141. The third kappa shape index (κ3) is 8.22. The van der Waals surface area contributed by atoms with Crippen LogP contribution in [0.25, 0.3) is 0 Å². The minimum atomic E-state index is -0.0471. The van der Waals surface area contributed by atoms with Crippen molar-refractivity contribution in [2.45, 2.75) is 52.5 Å². The Morgan fingerprint density at radius 3 is 2.00 bits per heavy atom. The molecule has 0 radical (unpaired) electrons. The van der Waals surface area contributed by atoms with Gasteiger partial charge < -0.3 is 14.2 Å². The zero-order chi connectivity index (χ0) is 24.2. The summed E-state index contributed by atoms with van der Waals surface area (Å²) >= 11 is 0. The summed E-state index contributed by atoms with van der Waals surface area (Å²) in [6.07, 6.45) is 3.69. The normalized spacial score (nSPS) is 10.8. The Labute approximate surface area is 203 Å². The zero-order valence-electron chi connectivity index (χ0n) is 20.4. The molecule has 0 N–H and O–H groups in total. The van der Waals surface area contributed by atoms with Crippen LogP contribution >= 0.6 is 0 Å². The zero-order valence-corrected chi connectivity index (χ0v) is 20.4. The first-order chi connectivity index (χ1) is 16.5. The summed E-state index contributed by atoms with van der Waals surface area (Å²) in [6, 6.07) is 24.0. The summed E-state index contributed by atoms with van der Waals surface area (Å²) in [4.78, 5) is 30.0. The molecule has 0 atom stereocenters. The van der Waals surface area contributed by atoms with Crippen molar-refractivity contribution in [3.05, 3.63) is 95.4 Å². The van der Waals surface area contributed by atoms with Crippen molar-refractivity contribution >= 4 is 11.8 Å². The van der Waals surface area contributed by atoms with E-state index in [4.69, 9.17) is 4.42 Å². The molecule has 2 amide bonds. The molecule has 0 aliphatic carbocycles. The first-order valence-corrected chi connectivity index (χ1v) is 12.2. The molecule has 5 nitrogen and oxygen atoms in total. The molecule has 0 unspecified atom stereocenters. The van der Waals surface area contributed by atoms with Crippen molar-refractivity contribution in [1.29, 1.82) is 0 Å². The Morgan fingerprint density at radius 1 is 0.765 bits per heavy atom. The third-order valence-corrected chi connectivity index (χ3v) is 5.94. The number of nitrogens with zero attached hydrogens (tertiary/aromatic N) is 2. The number of hydrogen-bond acceptors (Lipinski definition) is 3. The van der Waals surface area contributed by atoms with Crippen molar-refractivity contribution in [1.82, 2.24) is 9.80 Å². The minimum absolute atomic E-state index is 0.0301. The van der Waals surface area contributed by atoms with E-state index in [1.54, 1.807) is 4.90 Å². The topological polar surface area (TPSA) is 53.8 Å². The maximum atomic E-state index is 13.4. The van der Waals surface area contributed by atoms with Gasteiger partial charge in [0.2, 0.25) is 11.8 Å². The molecule has 0 bridgehead atoms. The van der Waals surface area contributed by atoms with Crippen molar-refractivity contribution in [2.24, 2.45) is 0 Å². The van der Waals surface area contributed by atoms with E-state index < -0.39 is 0 Å². The van der Waals surface area contributed by atoms with E-state index in [0.717, 1.165) is 36.3 Å². The Balaban J connectivity index is 1.66. The molecule has 3 rings (SSSR count). The van der Waals surface area contributed by atoms with Gasteiger partial charge in [-0.15, -0.1) is 0 Å². The number of benzene rings is 2. The second-order valence-corrected chi connectivity index (χ2v) is 8.72. The Morgan fingerprint density at radius 2 is 1.41 bits per heavy atom. The summed E-state index contributed by atoms with van der Waals surface area (Å²) in [7, 11) is 0. The third-order valence-electron chi connectivity index (χ3n) is 5.94. The van der Waals surface area contributed by atoms with Crippen LogP contribution in [0.15, 0.2) is 77.2 Å². The SMILES string of the molecule is CCCCN(CC(=O)N(CCc1ccccc1)Cc1ccc(C)o1)C(=O)CCc1ccccc1. The van der Waals surface area contributed by atoms with E-state index in [9.17, 15) is 9.59 Å². The van der Waals surface area contributed by atoms with Crippen LogP contribution in [0.1, 0.15) is 48.8 Å². The average molecular weight is 461 g/mol. The smallest absolute Gasteiger partial charge is 0.242 e. The van der Waals surface area contributed by atoms with Gasteiger partial charge in [-0.05, 0) is 49.4 Å². The molecule has 1 heterocycles. The van der Waals surface area contributed by atoms with E-state index in [1.807, 2.05) is 72.5 Å². The predicted octanol–water partition coefficient (Wildman–Crippen LogP) is 5.42. The van der Waals surface area contributed by atoms with Gasteiger partial charge in [0.1, 0.15) is 11.5 Å². The van der Waals surface area contributed by atoms with Crippen LogP contribution in [0.2, 0.25) is 0 Å². The number of carbonyl (C=O) groups is 2. The molecule has 2 aromatic carbocycles. The van der Waals surface area contributed by atoms with Gasteiger partial charge in [-0.3, -0.25) is 9.59 Å². The van der Waals surface area contributed by atoms with Crippen LogP contribution in [-0.2, 0) is 29.0 Å². The highest BCUT2D eigenvalue weighted by Crippen LogP contribution is 2.13. The number of hydrogen-bond donors (Lipinski definition) is 0. The van der Waals surface area contributed by atoms with Gasteiger partial charge in [0.05, 0.1) is 13.1 Å². The van der Waals surface area contributed by atoms with Crippen molar-refractivity contribution in [3.63, 3.8) is 0 Å². The van der Waals surface area contributed by atoms with Gasteiger partial charge in [0, 0.05) is 19.5 Å². The number of unbranched alkanes of at least 4 members (excludes halogenated alkanes) is 1. The van der Waals surface area contributed by atoms with E-state index in [1.165, 1.54) is 5.56 Å². The monoisotopic (exact) mass is 460 g/mol. The molecule has 0 saturated carbocycles.